The average Bonchev–Trinajstić information content (AvgIpc) is 2.44. The lowest BCUT2D eigenvalue weighted by atomic mass is 10.1. The molecule has 1 aliphatic rings. The lowest BCUT2D eigenvalue weighted by molar-refractivity contribution is -0.115. The number of nitrogens with zero attached hydrogens (tertiary/aromatic N) is 1. The van der Waals surface area contributed by atoms with E-state index >= 15 is 0 Å². The maximum atomic E-state index is 11.5. The van der Waals surface area contributed by atoms with E-state index in [9.17, 15) is 9.59 Å². The number of carbonyl (C=O) groups is 2. The van der Waals surface area contributed by atoms with Crippen LogP contribution in [0.3, 0.4) is 0 Å². The van der Waals surface area contributed by atoms with Crippen LogP contribution >= 0.6 is 11.6 Å². The van der Waals surface area contributed by atoms with Gasteiger partial charge in [-0.05, 0) is 18.2 Å². The Morgan fingerprint density at radius 3 is 2.80 bits per heavy atom. The first-order chi connectivity index (χ1) is 7.15. The third kappa shape index (κ3) is 1.52. The van der Waals surface area contributed by atoms with Crippen molar-refractivity contribution in [1.29, 1.82) is 0 Å². The smallest absolute Gasteiger partial charge is 0.301 e. The lowest BCUT2D eigenvalue weighted by Crippen LogP contribution is -2.31. The van der Waals surface area contributed by atoms with Crippen molar-refractivity contribution in [2.75, 3.05) is 18.7 Å². The standard InChI is InChI=1S/C10H8ClNO3/c1-15-5-12-8-3-2-6(11)4-7(8)9(13)10(12)14/h2-4H,5H2,1H3. The number of Topliss-reactive ketones (excluding diaryl/α,β-unsaturated/α-hetero) is 1. The number of carbonyl (C=O) groups excluding carboxylic acids is 2. The zero-order valence-corrected chi connectivity index (χ0v) is 8.75. The first-order valence-corrected chi connectivity index (χ1v) is 4.67. The molecular formula is C10H8ClNO3. The highest BCUT2D eigenvalue weighted by atomic mass is 35.5. The number of methoxy groups -OCH3 is 1. The molecule has 4 nitrogen and oxygen atoms in total. The molecule has 15 heavy (non-hydrogen) atoms. The van der Waals surface area contributed by atoms with E-state index in [1.54, 1.807) is 12.1 Å². The molecule has 0 radical (unpaired) electrons. The molecule has 1 heterocycles. The molecule has 1 aromatic rings. The molecule has 0 spiro atoms. The van der Waals surface area contributed by atoms with Gasteiger partial charge in [-0.25, -0.2) is 0 Å². The van der Waals surface area contributed by atoms with Crippen molar-refractivity contribution in [1.82, 2.24) is 0 Å². The van der Waals surface area contributed by atoms with Crippen LogP contribution in [0.1, 0.15) is 10.4 Å². The number of fused-ring (bicyclic) bond motifs is 1. The van der Waals surface area contributed by atoms with Crippen molar-refractivity contribution >= 4 is 29.0 Å². The Morgan fingerprint density at radius 1 is 1.40 bits per heavy atom. The number of ketones is 1. The molecule has 0 unspecified atom stereocenters. The quantitative estimate of drug-likeness (QED) is 0.717. The molecule has 0 bridgehead atoms. The number of benzene rings is 1. The molecule has 1 aliphatic heterocycles. The summed E-state index contributed by atoms with van der Waals surface area (Å²) in [5.74, 6) is -1.11. The molecule has 1 amide bonds. The Morgan fingerprint density at radius 2 is 2.13 bits per heavy atom. The van der Waals surface area contributed by atoms with Gasteiger partial charge in [0.15, 0.2) is 0 Å². The number of rotatable bonds is 2. The van der Waals surface area contributed by atoms with Crippen LogP contribution in [-0.2, 0) is 9.53 Å². The highest BCUT2D eigenvalue weighted by Crippen LogP contribution is 2.30. The van der Waals surface area contributed by atoms with E-state index in [4.69, 9.17) is 16.3 Å². The minimum absolute atomic E-state index is 0.0687. The van der Waals surface area contributed by atoms with Gasteiger partial charge in [-0.3, -0.25) is 14.5 Å². The summed E-state index contributed by atoms with van der Waals surface area (Å²) in [6.07, 6.45) is 0. The summed E-state index contributed by atoms with van der Waals surface area (Å²) in [7, 11) is 1.46. The first-order valence-electron chi connectivity index (χ1n) is 4.30. The largest absolute Gasteiger partial charge is 0.364 e. The van der Waals surface area contributed by atoms with E-state index in [1.807, 2.05) is 0 Å². The number of amides is 1. The number of hydrogen-bond acceptors (Lipinski definition) is 3. The van der Waals surface area contributed by atoms with Gasteiger partial charge in [0.1, 0.15) is 6.73 Å². The van der Waals surface area contributed by atoms with Gasteiger partial charge >= 0.3 is 5.91 Å². The van der Waals surface area contributed by atoms with Gasteiger partial charge in [-0.1, -0.05) is 11.6 Å². The topological polar surface area (TPSA) is 46.6 Å². The predicted octanol–water partition coefficient (Wildman–Crippen LogP) is 1.47. The fraction of sp³-hybridized carbons (Fsp3) is 0.200. The summed E-state index contributed by atoms with van der Waals surface area (Å²) in [4.78, 5) is 24.3. The average molecular weight is 226 g/mol. The van der Waals surface area contributed by atoms with E-state index in [0.29, 0.717) is 16.3 Å². The first kappa shape index (κ1) is 10.1. The van der Waals surface area contributed by atoms with Crippen LogP contribution in [0.25, 0.3) is 0 Å². The SMILES string of the molecule is COCN1C(=O)C(=O)c2cc(Cl)ccc21. The normalized spacial score (nSPS) is 14.7. The molecule has 5 heteroatoms. The van der Waals surface area contributed by atoms with E-state index in [1.165, 1.54) is 18.1 Å². The minimum Gasteiger partial charge on any atom is -0.364 e. The number of hydrogen-bond donors (Lipinski definition) is 0. The van der Waals surface area contributed by atoms with Crippen molar-refractivity contribution in [3.63, 3.8) is 0 Å². The number of halogens is 1. The Bertz CT molecular complexity index is 444. The molecule has 0 saturated heterocycles. The minimum atomic E-state index is -0.575. The van der Waals surface area contributed by atoms with Crippen LogP contribution in [0.4, 0.5) is 5.69 Å². The van der Waals surface area contributed by atoms with E-state index in [-0.39, 0.29) is 6.73 Å². The number of anilines is 1. The molecule has 0 aromatic heterocycles. The van der Waals surface area contributed by atoms with E-state index < -0.39 is 11.7 Å². The van der Waals surface area contributed by atoms with Gasteiger partial charge in [0.05, 0.1) is 11.3 Å². The maximum Gasteiger partial charge on any atom is 0.301 e. The molecule has 1 aromatic carbocycles. The second-order valence-electron chi connectivity index (χ2n) is 3.14. The monoisotopic (exact) mass is 225 g/mol. The molecule has 0 atom stereocenters. The predicted molar refractivity (Wildman–Crippen MR) is 55.1 cm³/mol. The molecule has 0 N–H and O–H groups in total. The summed E-state index contributed by atoms with van der Waals surface area (Å²) in [5.41, 5.74) is 0.890. The fourth-order valence-electron chi connectivity index (χ4n) is 1.53. The van der Waals surface area contributed by atoms with Gasteiger partial charge < -0.3 is 4.74 Å². The second-order valence-corrected chi connectivity index (χ2v) is 3.58. The highest BCUT2D eigenvalue weighted by Gasteiger charge is 2.35. The maximum absolute atomic E-state index is 11.5. The summed E-state index contributed by atoms with van der Waals surface area (Å²) < 4.78 is 4.85. The van der Waals surface area contributed by atoms with Gasteiger partial charge in [0, 0.05) is 12.1 Å². The Hall–Kier alpha value is -1.39. The zero-order valence-electron chi connectivity index (χ0n) is 7.99. The van der Waals surface area contributed by atoms with Crippen molar-refractivity contribution in [3.05, 3.63) is 28.8 Å². The summed E-state index contributed by atoms with van der Waals surface area (Å²) in [5, 5.41) is 0.439. The van der Waals surface area contributed by atoms with Crippen LogP contribution in [0.2, 0.25) is 5.02 Å². The van der Waals surface area contributed by atoms with E-state index in [0.717, 1.165) is 0 Å². The summed E-state index contributed by atoms with van der Waals surface area (Å²) in [6, 6.07) is 4.77. The van der Waals surface area contributed by atoms with Crippen LogP contribution in [0, 0.1) is 0 Å². The molecule has 0 saturated carbocycles. The van der Waals surface area contributed by atoms with Crippen LogP contribution in [0.15, 0.2) is 18.2 Å². The van der Waals surface area contributed by atoms with Crippen molar-refractivity contribution in [2.24, 2.45) is 0 Å². The Balaban J connectivity index is 2.50. The second kappa shape index (κ2) is 3.64. The third-order valence-electron chi connectivity index (χ3n) is 2.19. The van der Waals surface area contributed by atoms with E-state index in [2.05, 4.69) is 0 Å². The summed E-state index contributed by atoms with van der Waals surface area (Å²) in [6.45, 7) is 0.0687. The van der Waals surface area contributed by atoms with Gasteiger partial charge in [0.25, 0.3) is 5.78 Å². The van der Waals surface area contributed by atoms with Crippen molar-refractivity contribution in [3.8, 4) is 0 Å². The highest BCUT2D eigenvalue weighted by molar-refractivity contribution is 6.52. The summed E-state index contributed by atoms with van der Waals surface area (Å²) >= 11 is 5.75. The lowest BCUT2D eigenvalue weighted by Gasteiger charge is -2.14. The molecule has 2 rings (SSSR count). The molecule has 78 valence electrons. The molecular weight excluding hydrogens is 218 g/mol. The van der Waals surface area contributed by atoms with Crippen molar-refractivity contribution < 1.29 is 14.3 Å². The van der Waals surface area contributed by atoms with Gasteiger partial charge in [-0.15, -0.1) is 0 Å². The third-order valence-corrected chi connectivity index (χ3v) is 2.43. The Kier molecular flexibility index (Phi) is 2.46. The van der Waals surface area contributed by atoms with Crippen molar-refractivity contribution in [2.45, 2.75) is 0 Å². The van der Waals surface area contributed by atoms with Gasteiger partial charge in [-0.2, -0.15) is 0 Å². The van der Waals surface area contributed by atoms with Crippen LogP contribution < -0.4 is 4.90 Å². The Labute approximate surface area is 91.4 Å². The molecule has 0 fully saturated rings. The molecule has 0 aliphatic carbocycles. The zero-order chi connectivity index (χ0) is 11.0. The van der Waals surface area contributed by atoms with Crippen LogP contribution in [-0.4, -0.2) is 25.5 Å². The van der Waals surface area contributed by atoms with Crippen LogP contribution in [0.5, 0.6) is 0 Å². The number of ether oxygens (including phenoxy) is 1. The van der Waals surface area contributed by atoms with Gasteiger partial charge in [0.2, 0.25) is 0 Å². The fourth-order valence-corrected chi connectivity index (χ4v) is 1.70.